The van der Waals surface area contributed by atoms with Crippen molar-refractivity contribution in [3.05, 3.63) is 52.6 Å². The third-order valence-electron chi connectivity index (χ3n) is 3.80. The lowest BCUT2D eigenvalue weighted by atomic mass is 10.1. The van der Waals surface area contributed by atoms with Gasteiger partial charge in [0.2, 0.25) is 0 Å². The highest BCUT2D eigenvalue weighted by Crippen LogP contribution is 2.20. The molecule has 0 saturated carbocycles. The van der Waals surface area contributed by atoms with Crippen LogP contribution in [0.1, 0.15) is 29.6 Å². The van der Waals surface area contributed by atoms with Crippen molar-refractivity contribution >= 4 is 33.3 Å². The smallest absolute Gasteiger partial charge is 0.256 e. The number of nitrogens with zero attached hydrogens (tertiary/aromatic N) is 2. The molecule has 1 fully saturated rings. The molecular weight excluding hydrogens is 342 g/mol. The number of halogens is 1. The zero-order chi connectivity index (χ0) is 15.4. The Kier molecular flexibility index (Phi) is 4.73. The van der Waals surface area contributed by atoms with E-state index in [0.29, 0.717) is 11.4 Å². The zero-order valence-electron chi connectivity index (χ0n) is 12.3. The highest BCUT2D eigenvalue weighted by molar-refractivity contribution is 9.10. The number of amides is 1. The summed E-state index contributed by atoms with van der Waals surface area (Å²) in [6.45, 7) is 2.18. The van der Waals surface area contributed by atoms with Crippen LogP contribution in [0, 0.1) is 0 Å². The van der Waals surface area contributed by atoms with Crippen molar-refractivity contribution in [2.24, 2.45) is 0 Å². The van der Waals surface area contributed by atoms with Crippen LogP contribution in [0.4, 0.5) is 11.5 Å². The standard InChI is InChI=1S/C17H18BrN3O/c18-14-6-4-5-13(11-14)17(22)20-16-8-7-15(12-19-16)21-9-2-1-3-10-21/h4-8,11-12H,1-3,9-10H2,(H,19,20,22). The lowest BCUT2D eigenvalue weighted by Crippen LogP contribution is -2.29. The third kappa shape index (κ3) is 3.65. The molecule has 0 bridgehead atoms. The van der Waals surface area contributed by atoms with E-state index in [2.05, 4.69) is 31.1 Å². The zero-order valence-corrected chi connectivity index (χ0v) is 13.8. The number of hydrogen-bond acceptors (Lipinski definition) is 3. The van der Waals surface area contributed by atoms with Crippen LogP contribution in [-0.4, -0.2) is 24.0 Å². The van der Waals surface area contributed by atoms with Crippen LogP contribution >= 0.6 is 15.9 Å². The maximum Gasteiger partial charge on any atom is 0.256 e. The normalized spacial score (nSPS) is 14.7. The molecular formula is C17H18BrN3O. The second-order valence-electron chi connectivity index (χ2n) is 5.41. The molecule has 1 aromatic heterocycles. The van der Waals surface area contributed by atoms with Crippen LogP contribution in [0.15, 0.2) is 47.1 Å². The molecule has 2 heterocycles. The van der Waals surface area contributed by atoms with Crippen molar-refractivity contribution in [3.63, 3.8) is 0 Å². The molecule has 1 N–H and O–H groups in total. The van der Waals surface area contributed by atoms with Crippen molar-refractivity contribution in [3.8, 4) is 0 Å². The molecule has 1 amide bonds. The fraction of sp³-hybridized carbons (Fsp3) is 0.294. The number of hydrogen-bond donors (Lipinski definition) is 1. The van der Waals surface area contributed by atoms with E-state index in [-0.39, 0.29) is 5.91 Å². The Hall–Kier alpha value is -1.88. The number of carbonyl (C=O) groups excluding carboxylic acids is 1. The second-order valence-corrected chi connectivity index (χ2v) is 6.33. The van der Waals surface area contributed by atoms with Gasteiger partial charge < -0.3 is 10.2 Å². The van der Waals surface area contributed by atoms with Crippen molar-refractivity contribution in [1.82, 2.24) is 4.98 Å². The summed E-state index contributed by atoms with van der Waals surface area (Å²) in [6, 6.07) is 11.2. The molecule has 4 nitrogen and oxygen atoms in total. The van der Waals surface area contributed by atoms with Crippen LogP contribution in [0.3, 0.4) is 0 Å². The van der Waals surface area contributed by atoms with E-state index in [9.17, 15) is 4.79 Å². The Labute approximate surface area is 138 Å². The molecule has 0 atom stereocenters. The molecule has 1 aliphatic rings. The summed E-state index contributed by atoms with van der Waals surface area (Å²) < 4.78 is 0.883. The monoisotopic (exact) mass is 359 g/mol. The van der Waals surface area contributed by atoms with E-state index >= 15 is 0 Å². The van der Waals surface area contributed by atoms with Gasteiger partial charge in [0.05, 0.1) is 11.9 Å². The van der Waals surface area contributed by atoms with Gasteiger partial charge in [-0.3, -0.25) is 4.79 Å². The minimum absolute atomic E-state index is 0.153. The van der Waals surface area contributed by atoms with Crippen LogP contribution in [0.25, 0.3) is 0 Å². The Morgan fingerprint density at radius 3 is 2.64 bits per heavy atom. The number of anilines is 2. The molecule has 1 aromatic carbocycles. The summed E-state index contributed by atoms with van der Waals surface area (Å²) in [4.78, 5) is 18.9. The molecule has 0 aliphatic carbocycles. The van der Waals surface area contributed by atoms with Crippen molar-refractivity contribution in [2.45, 2.75) is 19.3 Å². The summed E-state index contributed by atoms with van der Waals surface area (Å²) in [5, 5.41) is 2.83. The molecule has 0 unspecified atom stereocenters. The number of nitrogens with one attached hydrogen (secondary N) is 1. The number of piperidine rings is 1. The van der Waals surface area contributed by atoms with Gasteiger partial charge in [0, 0.05) is 23.1 Å². The molecule has 5 heteroatoms. The van der Waals surface area contributed by atoms with Gasteiger partial charge in [-0.15, -0.1) is 0 Å². The summed E-state index contributed by atoms with van der Waals surface area (Å²) in [6.07, 6.45) is 5.62. The Morgan fingerprint density at radius 2 is 1.95 bits per heavy atom. The van der Waals surface area contributed by atoms with Crippen LogP contribution in [-0.2, 0) is 0 Å². The SMILES string of the molecule is O=C(Nc1ccc(N2CCCCC2)cn1)c1cccc(Br)c1. The molecule has 1 aliphatic heterocycles. The van der Waals surface area contributed by atoms with E-state index in [4.69, 9.17) is 0 Å². The summed E-state index contributed by atoms with van der Waals surface area (Å²) in [7, 11) is 0. The molecule has 0 spiro atoms. The second kappa shape index (κ2) is 6.92. The van der Waals surface area contributed by atoms with E-state index < -0.39 is 0 Å². The number of aromatic nitrogens is 1. The molecule has 3 rings (SSSR count). The third-order valence-corrected chi connectivity index (χ3v) is 4.29. The fourth-order valence-electron chi connectivity index (χ4n) is 2.62. The van der Waals surface area contributed by atoms with E-state index in [1.807, 2.05) is 30.5 Å². The molecule has 2 aromatic rings. The lowest BCUT2D eigenvalue weighted by molar-refractivity contribution is 0.102. The van der Waals surface area contributed by atoms with Gasteiger partial charge in [0.15, 0.2) is 0 Å². The molecule has 22 heavy (non-hydrogen) atoms. The predicted octanol–water partition coefficient (Wildman–Crippen LogP) is 4.09. The molecule has 0 radical (unpaired) electrons. The summed E-state index contributed by atoms with van der Waals surface area (Å²) in [5.41, 5.74) is 1.73. The predicted molar refractivity (Wildman–Crippen MR) is 92.4 cm³/mol. The largest absolute Gasteiger partial charge is 0.370 e. The first-order chi connectivity index (χ1) is 10.7. The van der Waals surface area contributed by atoms with Gasteiger partial charge in [-0.1, -0.05) is 22.0 Å². The summed E-state index contributed by atoms with van der Waals surface area (Å²) >= 11 is 3.37. The van der Waals surface area contributed by atoms with Crippen LogP contribution in [0.2, 0.25) is 0 Å². The van der Waals surface area contributed by atoms with Crippen LogP contribution in [0.5, 0.6) is 0 Å². The fourth-order valence-corrected chi connectivity index (χ4v) is 3.02. The minimum Gasteiger partial charge on any atom is -0.370 e. The first-order valence-corrected chi connectivity index (χ1v) is 8.29. The van der Waals surface area contributed by atoms with E-state index in [0.717, 1.165) is 23.2 Å². The van der Waals surface area contributed by atoms with Gasteiger partial charge in [-0.2, -0.15) is 0 Å². The average molecular weight is 360 g/mol. The molecule has 114 valence electrons. The Bertz CT molecular complexity index is 651. The Balaban J connectivity index is 1.66. The van der Waals surface area contributed by atoms with Gasteiger partial charge in [0.25, 0.3) is 5.91 Å². The van der Waals surface area contributed by atoms with E-state index in [1.54, 1.807) is 12.1 Å². The van der Waals surface area contributed by atoms with Gasteiger partial charge >= 0.3 is 0 Å². The van der Waals surface area contributed by atoms with Crippen molar-refractivity contribution in [1.29, 1.82) is 0 Å². The minimum atomic E-state index is -0.153. The highest BCUT2D eigenvalue weighted by atomic mass is 79.9. The molecule has 1 saturated heterocycles. The maximum absolute atomic E-state index is 12.2. The topological polar surface area (TPSA) is 45.2 Å². The highest BCUT2D eigenvalue weighted by Gasteiger charge is 2.12. The van der Waals surface area contributed by atoms with Crippen molar-refractivity contribution in [2.75, 3.05) is 23.3 Å². The lowest BCUT2D eigenvalue weighted by Gasteiger charge is -2.28. The number of rotatable bonds is 3. The Morgan fingerprint density at radius 1 is 1.14 bits per heavy atom. The quantitative estimate of drug-likeness (QED) is 0.897. The van der Waals surface area contributed by atoms with Gasteiger partial charge in [-0.05, 0) is 49.6 Å². The maximum atomic E-state index is 12.2. The van der Waals surface area contributed by atoms with Crippen LogP contribution < -0.4 is 10.2 Å². The van der Waals surface area contributed by atoms with Gasteiger partial charge in [0.1, 0.15) is 5.82 Å². The van der Waals surface area contributed by atoms with Crippen molar-refractivity contribution < 1.29 is 4.79 Å². The first-order valence-electron chi connectivity index (χ1n) is 7.50. The van der Waals surface area contributed by atoms with Gasteiger partial charge in [-0.25, -0.2) is 4.98 Å². The number of pyridine rings is 1. The number of carbonyl (C=O) groups is 1. The summed E-state index contributed by atoms with van der Waals surface area (Å²) in [5.74, 6) is 0.422. The first kappa shape index (κ1) is 15.0. The number of benzene rings is 1. The average Bonchev–Trinajstić information content (AvgIpc) is 2.56. The van der Waals surface area contributed by atoms with E-state index in [1.165, 1.54) is 19.3 Å².